The second-order valence-electron chi connectivity index (χ2n) is 5.20. The fourth-order valence-electron chi connectivity index (χ4n) is 2.23. The molecular weight excluding hydrogens is 232 g/mol. The van der Waals surface area contributed by atoms with Crippen molar-refractivity contribution in [2.45, 2.75) is 64.7 Å². The highest BCUT2D eigenvalue weighted by Gasteiger charge is 2.04. The molecule has 1 heteroatoms. The Balaban J connectivity index is 1.95. The smallest absolute Gasteiger partial charge is 0.166 e. The number of ketones is 1. The van der Waals surface area contributed by atoms with Crippen molar-refractivity contribution in [2.75, 3.05) is 0 Å². The zero-order valence-corrected chi connectivity index (χ0v) is 12.2. The van der Waals surface area contributed by atoms with E-state index >= 15 is 0 Å². The highest BCUT2D eigenvalue weighted by molar-refractivity contribution is 6.02. The molecule has 105 valence electrons. The number of benzene rings is 1. The summed E-state index contributed by atoms with van der Waals surface area (Å²) < 4.78 is 0. The van der Waals surface area contributed by atoms with Gasteiger partial charge in [0.05, 0.1) is 0 Å². The van der Waals surface area contributed by atoms with Gasteiger partial charge in [0.15, 0.2) is 5.78 Å². The molecule has 0 spiro atoms. The van der Waals surface area contributed by atoms with E-state index in [1.165, 1.54) is 44.9 Å². The minimum atomic E-state index is 0.170. The summed E-state index contributed by atoms with van der Waals surface area (Å²) in [5, 5.41) is 0. The third-order valence-corrected chi connectivity index (χ3v) is 3.45. The van der Waals surface area contributed by atoms with Crippen LogP contribution in [0.1, 0.15) is 75.1 Å². The van der Waals surface area contributed by atoms with E-state index in [4.69, 9.17) is 0 Å². The molecule has 0 aliphatic rings. The van der Waals surface area contributed by atoms with Crippen LogP contribution in [-0.4, -0.2) is 5.78 Å². The van der Waals surface area contributed by atoms with Crippen molar-refractivity contribution in [3.8, 4) is 0 Å². The van der Waals surface area contributed by atoms with Gasteiger partial charge in [-0.15, -0.1) is 0 Å². The molecule has 0 heterocycles. The van der Waals surface area contributed by atoms with Gasteiger partial charge in [0.25, 0.3) is 0 Å². The highest BCUT2D eigenvalue weighted by atomic mass is 16.1. The quantitative estimate of drug-likeness (QED) is 0.373. The van der Waals surface area contributed by atoms with Crippen molar-refractivity contribution in [3.63, 3.8) is 0 Å². The number of hydrogen-bond donors (Lipinski definition) is 0. The number of rotatable bonds is 11. The van der Waals surface area contributed by atoms with Crippen molar-refractivity contribution < 1.29 is 4.79 Å². The molecule has 0 aliphatic carbocycles. The lowest BCUT2D eigenvalue weighted by Gasteiger charge is -2.02. The summed E-state index contributed by atoms with van der Waals surface area (Å²) in [5.41, 5.74) is 0.807. The van der Waals surface area contributed by atoms with Gasteiger partial charge < -0.3 is 0 Å². The monoisotopic (exact) mass is 259 g/mol. The zero-order chi connectivity index (χ0) is 13.8. The molecule has 1 aromatic rings. The van der Waals surface area contributed by atoms with E-state index in [2.05, 4.69) is 6.92 Å². The normalized spacial score (nSPS) is 10.6. The Bertz CT molecular complexity index is 329. The van der Waals surface area contributed by atoms with Gasteiger partial charge in [-0.3, -0.25) is 4.79 Å². The molecule has 0 fully saturated rings. The molecule has 0 saturated carbocycles. The molecule has 0 atom stereocenters. The average molecular weight is 259 g/mol. The van der Waals surface area contributed by atoms with Gasteiger partial charge in [0.1, 0.15) is 0 Å². The molecule has 1 aromatic carbocycles. The van der Waals surface area contributed by atoms with Crippen LogP contribution in [0.2, 0.25) is 0 Å². The van der Waals surface area contributed by atoms with Gasteiger partial charge in [-0.25, -0.2) is 0 Å². The van der Waals surface area contributed by atoms with Crippen LogP contribution in [0.4, 0.5) is 0 Å². The van der Waals surface area contributed by atoms with Crippen molar-refractivity contribution in [3.05, 3.63) is 42.3 Å². The summed E-state index contributed by atoms with van der Waals surface area (Å²) in [5.74, 6) is 0.170. The summed E-state index contributed by atoms with van der Waals surface area (Å²) in [7, 11) is 0. The van der Waals surface area contributed by atoms with Gasteiger partial charge in [-0.1, -0.05) is 88.6 Å². The van der Waals surface area contributed by atoms with Crippen LogP contribution in [0.25, 0.3) is 0 Å². The van der Waals surface area contributed by atoms with E-state index in [9.17, 15) is 4.79 Å². The minimum absolute atomic E-state index is 0.170. The van der Waals surface area contributed by atoms with Crippen LogP contribution in [0, 0.1) is 6.42 Å². The molecule has 0 amide bonds. The predicted octanol–water partition coefficient (Wildman–Crippen LogP) is 5.60. The lowest BCUT2D eigenvalue weighted by molar-refractivity contribution is 0.102. The highest BCUT2D eigenvalue weighted by Crippen LogP contribution is 2.11. The van der Waals surface area contributed by atoms with Gasteiger partial charge in [-0.05, 0) is 6.42 Å². The lowest BCUT2D eigenvalue weighted by Crippen LogP contribution is -1.99. The van der Waals surface area contributed by atoms with E-state index in [0.29, 0.717) is 0 Å². The van der Waals surface area contributed by atoms with Gasteiger partial charge in [0, 0.05) is 12.0 Å². The van der Waals surface area contributed by atoms with Crippen molar-refractivity contribution in [1.29, 1.82) is 0 Å². The van der Waals surface area contributed by atoms with Crippen LogP contribution < -0.4 is 0 Å². The predicted molar refractivity (Wildman–Crippen MR) is 82.3 cm³/mol. The molecule has 1 radical (unpaired) electrons. The second-order valence-corrected chi connectivity index (χ2v) is 5.20. The maximum atomic E-state index is 11.8. The summed E-state index contributed by atoms with van der Waals surface area (Å²) in [6.07, 6.45) is 13.3. The summed E-state index contributed by atoms with van der Waals surface area (Å²) in [6, 6.07) is 9.53. The van der Waals surface area contributed by atoms with Crippen LogP contribution >= 0.6 is 0 Å². The molecule has 0 unspecified atom stereocenters. The largest absolute Gasteiger partial charge is 0.294 e. The fourth-order valence-corrected chi connectivity index (χ4v) is 2.23. The molecule has 19 heavy (non-hydrogen) atoms. The molecule has 0 N–H and O–H groups in total. The first-order valence-electron chi connectivity index (χ1n) is 7.77. The van der Waals surface area contributed by atoms with E-state index in [0.717, 1.165) is 18.4 Å². The Hall–Kier alpha value is -1.11. The lowest BCUT2D eigenvalue weighted by atomic mass is 10.0. The first kappa shape index (κ1) is 15.9. The summed E-state index contributed by atoms with van der Waals surface area (Å²) in [4.78, 5) is 11.8. The maximum absolute atomic E-state index is 11.8. The molecule has 0 bridgehead atoms. The molecule has 0 aromatic heterocycles. The third-order valence-electron chi connectivity index (χ3n) is 3.45. The minimum Gasteiger partial charge on any atom is -0.294 e. The Kier molecular flexibility index (Phi) is 9.05. The topological polar surface area (TPSA) is 17.1 Å². The van der Waals surface area contributed by atoms with Crippen LogP contribution in [0.5, 0.6) is 0 Å². The van der Waals surface area contributed by atoms with Crippen molar-refractivity contribution in [2.24, 2.45) is 0 Å². The Morgan fingerprint density at radius 1 is 0.895 bits per heavy atom. The number of carbonyl (C=O) groups is 1. The SMILES string of the molecule is CCCCCCCCCC[CH]C(=O)c1ccccc1. The van der Waals surface area contributed by atoms with Gasteiger partial charge >= 0.3 is 0 Å². The summed E-state index contributed by atoms with van der Waals surface area (Å²) >= 11 is 0. The average Bonchev–Trinajstić information content (AvgIpc) is 2.46. The van der Waals surface area contributed by atoms with Crippen LogP contribution in [0.3, 0.4) is 0 Å². The number of unbranched alkanes of at least 4 members (excludes halogenated alkanes) is 8. The first-order valence-corrected chi connectivity index (χ1v) is 7.77. The van der Waals surface area contributed by atoms with E-state index in [1.807, 2.05) is 36.8 Å². The molecular formula is C18H27O. The Morgan fingerprint density at radius 3 is 2.11 bits per heavy atom. The molecule has 1 nitrogen and oxygen atoms in total. The second kappa shape index (κ2) is 10.8. The Labute approximate surface area is 118 Å². The molecule has 0 saturated heterocycles. The van der Waals surface area contributed by atoms with E-state index < -0.39 is 0 Å². The fraction of sp³-hybridized carbons (Fsp3) is 0.556. The van der Waals surface area contributed by atoms with Crippen molar-refractivity contribution in [1.82, 2.24) is 0 Å². The standard InChI is InChI=1S/C18H27O/c1-2-3-4-5-6-7-8-9-13-16-18(19)17-14-11-10-12-15-17/h10-12,14-16H,2-9,13H2,1H3. The van der Waals surface area contributed by atoms with Gasteiger partial charge in [-0.2, -0.15) is 0 Å². The van der Waals surface area contributed by atoms with Crippen LogP contribution in [0.15, 0.2) is 30.3 Å². The van der Waals surface area contributed by atoms with E-state index in [-0.39, 0.29) is 5.78 Å². The number of hydrogen-bond acceptors (Lipinski definition) is 1. The van der Waals surface area contributed by atoms with Gasteiger partial charge in [0.2, 0.25) is 0 Å². The van der Waals surface area contributed by atoms with Crippen molar-refractivity contribution >= 4 is 5.78 Å². The zero-order valence-electron chi connectivity index (χ0n) is 12.2. The first-order chi connectivity index (χ1) is 9.34. The van der Waals surface area contributed by atoms with Crippen LogP contribution in [-0.2, 0) is 0 Å². The number of carbonyl (C=O) groups excluding carboxylic acids is 1. The summed E-state index contributed by atoms with van der Waals surface area (Å²) in [6.45, 7) is 2.25. The molecule has 1 rings (SSSR count). The third kappa shape index (κ3) is 7.81. The maximum Gasteiger partial charge on any atom is 0.166 e. The Morgan fingerprint density at radius 2 is 1.47 bits per heavy atom. The molecule has 0 aliphatic heterocycles. The van der Waals surface area contributed by atoms with E-state index in [1.54, 1.807) is 0 Å². The number of Topliss-reactive ketones (excluding diaryl/α,β-unsaturated/α-hetero) is 1.